The van der Waals surface area contributed by atoms with Crippen LogP contribution < -0.4 is 5.32 Å². The number of likely N-dealkylation sites (tertiary alicyclic amines) is 1. The van der Waals surface area contributed by atoms with Crippen LogP contribution in [0.15, 0.2) is 0 Å². The minimum atomic E-state index is 0.00630. The van der Waals surface area contributed by atoms with Crippen molar-refractivity contribution in [3.8, 4) is 12.3 Å². The number of nitrogens with one attached hydrogen (secondary N) is 1. The van der Waals surface area contributed by atoms with Crippen molar-refractivity contribution in [1.82, 2.24) is 15.1 Å². The van der Waals surface area contributed by atoms with Crippen LogP contribution in [0.1, 0.15) is 6.42 Å². The quantitative estimate of drug-likeness (QED) is 0.645. The molecule has 4 heteroatoms. The molecule has 1 fully saturated rings. The number of carbonyl (C=O) groups is 1. The summed E-state index contributed by atoms with van der Waals surface area (Å²) < 4.78 is 0. The fraction of sp³-hybridized carbons (Fsp3) is 0.750. The molecule has 0 radical (unpaired) electrons. The summed E-state index contributed by atoms with van der Waals surface area (Å²) in [5.41, 5.74) is 0. The number of rotatable bonds is 5. The smallest absolute Gasteiger partial charge is 0.234 e. The van der Waals surface area contributed by atoms with Crippen LogP contribution in [0.25, 0.3) is 0 Å². The number of hydrogen-bond donors (Lipinski definition) is 1. The van der Waals surface area contributed by atoms with E-state index >= 15 is 0 Å². The van der Waals surface area contributed by atoms with E-state index in [0.29, 0.717) is 19.0 Å². The molecule has 0 aromatic rings. The first kappa shape index (κ1) is 13.0. The highest BCUT2D eigenvalue weighted by atomic mass is 16.1. The van der Waals surface area contributed by atoms with Gasteiger partial charge in [-0.3, -0.25) is 9.69 Å². The lowest BCUT2D eigenvalue weighted by Gasteiger charge is -2.20. The molecule has 1 saturated heterocycles. The van der Waals surface area contributed by atoms with Crippen LogP contribution >= 0.6 is 0 Å². The summed E-state index contributed by atoms with van der Waals surface area (Å²) in [6, 6.07) is 0. The molecule has 0 aromatic heterocycles. The van der Waals surface area contributed by atoms with Gasteiger partial charge in [-0.1, -0.05) is 5.92 Å². The number of hydrogen-bond acceptors (Lipinski definition) is 3. The van der Waals surface area contributed by atoms with Crippen molar-refractivity contribution in [2.24, 2.45) is 5.92 Å². The second kappa shape index (κ2) is 6.51. The molecule has 1 N–H and O–H groups in total. The Balaban J connectivity index is 2.17. The van der Waals surface area contributed by atoms with Crippen LogP contribution in [0, 0.1) is 18.3 Å². The van der Waals surface area contributed by atoms with Gasteiger partial charge < -0.3 is 10.2 Å². The Morgan fingerprint density at radius 1 is 1.69 bits per heavy atom. The highest BCUT2D eigenvalue weighted by Crippen LogP contribution is 2.14. The topological polar surface area (TPSA) is 35.6 Å². The van der Waals surface area contributed by atoms with Crippen molar-refractivity contribution in [2.75, 3.05) is 46.8 Å². The maximum Gasteiger partial charge on any atom is 0.234 e. The van der Waals surface area contributed by atoms with Gasteiger partial charge >= 0.3 is 0 Å². The molecule has 1 rings (SSSR count). The van der Waals surface area contributed by atoms with E-state index in [-0.39, 0.29) is 5.91 Å². The summed E-state index contributed by atoms with van der Waals surface area (Å²) in [4.78, 5) is 15.8. The Kier molecular flexibility index (Phi) is 5.30. The maximum absolute atomic E-state index is 11.4. The molecule has 1 unspecified atom stereocenters. The zero-order valence-corrected chi connectivity index (χ0v) is 10.2. The molecule has 0 aliphatic carbocycles. The lowest BCUT2D eigenvalue weighted by atomic mass is 10.1. The number of nitrogens with zero attached hydrogens (tertiary/aromatic N) is 2. The summed E-state index contributed by atoms with van der Waals surface area (Å²) >= 11 is 0. The van der Waals surface area contributed by atoms with E-state index in [1.807, 2.05) is 7.05 Å². The van der Waals surface area contributed by atoms with E-state index in [1.165, 1.54) is 13.0 Å². The van der Waals surface area contributed by atoms with E-state index in [0.717, 1.165) is 13.1 Å². The largest absolute Gasteiger partial charge is 0.344 e. The summed E-state index contributed by atoms with van der Waals surface area (Å²) in [5, 5.41) is 2.67. The van der Waals surface area contributed by atoms with Crippen molar-refractivity contribution in [2.45, 2.75) is 6.42 Å². The summed E-state index contributed by atoms with van der Waals surface area (Å²) in [7, 11) is 4.12. The molecule has 16 heavy (non-hydrogen) atoms. The third-order valence-corrected chi connectivity index (χ3v) is 2.86. The van der Waals surface area contributed by atoms with E-state index in [9.17, 15) is 4.79 Å². The Hall–Kier alpha value is -1.05. The van der Waals surface area contributed by atoms with Crippen molar-refractivity contribution < 1.29 is 4.79 Å². The Morgan fingerprint density at radius 2 is 2.44 bits per heavy atom. The van der Waals surface area contributed by atoms with Crippen LogP contribution in [0.4, 0.5) is 0 Å². The van der Waals surface area contributed by atoms with Gasteiger partial charge in [-0.15, -0.1) is 6.42 Å². The van der Waals surface area contributed by atoms with Gasteiger partial charge in [0.25, 0.3) is 0 Å². The molecule has 0 bridgehead atoms. The third-order valence-electron chi connectivity index (χ3n) is 2.86. The summed E-state index contributed by atoms with van der Waals surface area (Å²) in [6.45, 7) is 4.03. The highest BCUT2D eigenvalue weighted by Gasteiger charge is 2.21. The van der Waals surface area contributed by atoms with Crippen LogP contribution in [0.2, 0.25) is 0 Å². The molecule has 1 heterocycles. The number of terminal acetylenes is 1. The fourth-order valence-electron chi connectivity index (χ4n) is 2.13. The monoisotopic (exact) mass is 223 g/mol. The Labute approximate surface area is 98.0 Å². The minimum Gasteiger partial charge on any atom is -0.344 e. The second-order valence-electron chi connectivity index (χ2n) is 4.59. The number of carbonyl (C=O) groups excluding carboxylic acids is 1. The second-order valence-corrected chi connectivity index (χ2v) is 4.59. The zero-order valence-electron chi connectivity index (χ0n) is 10.2. The molecule has 4 nitrogen and oxygen atoms in total. The minimum absolute atomic E-state index is 0.00630. The molecule has 1 amide bonds. The van der Waals surface area contributed by atoms with Gasteiger partial charge in [-0.25, -0.2) is 0 Å². The summed E-state index contributed by atoms with van der Waals surface area (Å²) in [5.74, 6) is 3.09. The maximum atomic E-state index is 11.4. The van der Waals surface area contributed by atoms with Gasteiger partial charge in [-0.05, 0) is 33.0 Å². The predicted molar refractivity (Wildman–Crippen MR) is 64.9 cm³/mol. The average Bonchev–Trinajstić information content (AvgIpc) is 2.60. The van der Waals surface area contributed by atoms with Gasteiger partial charge in [0.15, 0.2) is 0 Å². The molecule has 0 aromatic carbocycles. The third kappa shape index (κ3) is 4.65. The molecule has 1 aliphatic rings. The number of likely N-dealkylation sites (N-methyl/N-ethyl adjacent to an activating group) is 1. The van der Waals surface area contributed by atoms with Gasteiger partial charge in [0, 0.05) is 13.1 Å². The van der Waals surface area contributed by atoms with Crippen LogP contribution in [0.5, 0.6) is 0 Å². The van der Waals surface area contributed by atoms with E-state index in [2.05, 4.69) is 28.1 Å². The van der Waals surface area contributed by atoms with Gasteiger partial charge in [0.05, 0.1) is 13.1 Å². The van der Waals surface area contributed by atoms with Crippen LogP contribution in [-0.2, 0) is 4.79 Å². The molecular weight excluding hydrogens is 202 g/mol. The molecule has 1 aliphatic heterocycles. The average molecular weight is 223 g/mol. The van der Waals surface area contributed by atoms with E-state index in [4.69, 9.17) is 6.42 Å². The zero-order chi connectivity index (χ0) is 12.0. The Morgan fingerprint density at radius 3 is 3.00 bits per heavy atom. The molecule has 1 atom stereocenters. The van der Waals surface area contributed by atoms with Gasteiger partial charge in [0.2, 0.25) is 5.91 Å². The lowest BCUT2D eigenvalue weighted by Crippen LogP contribution is -2.37. The Bertz CT molecular complexity index is 272. The highest BCUT2D eigenvalue weighted by molar-refractivity contribution is 5.78. The van der Waals surface area contributed by atoms with Crippen molar-refractivity contribution >= 4 is 5.91 Å². The standard InChI is InChI=1S/C12H21N3O/c1-4-6-13-12(16)10-15(3)9-11-5-7-14(2)8-11/h1,11H,5-10H2,2-3H3,(H,13,16). The van der Waals surface area contributed by atoms with Crippen LogP contribution in [-0.4, -0.2) is 62.5 Å². The molecule has 90 valence electrons. The normalized spacial score (nSPS) is 21.0. The van der Waals surface area contributed by atoms with Crippen molar-refractivity contribution in [1.29, 1.82) is 0 Å². The van der Waals surface area contributed by atoms with Gasteiger partial charge in [-0.2, -0.15) is 0 Å². The predicted octanol–water partition coefficient (Wildman–Crippen LogP) is -0.381. The van der Waals surface area contributed by atoms with Crippen LogP contribution in [0.3, 0.4) is 0 Å². The SMILES string of the molecule is C#CCNC(=O)CN(C)CC1CCN(C)C1. The lowest BCUT2D eigenvalue weighted by molar-refractivity contribution is -0.121. The molecular formula is C12H21N3O. The van der Waals surface area contributed by atoms with Crippen molar-refractivity contribution in [3.05, 3.63) is 0 Å². The molecule has 0 spiro atoms. The van der Waals surface area contributed by atoms with E-state index < -0.39 is 0 Å². The first-order valence-electron chi connectivity index (χ1n) is 5.69. The number of amides is 1. The van der Waals surface area contributed by atoms with Crippen molar-refractivity contribution in [3.63, 3.8) is 0 Å². The first-order valence-corrected chi connectivity index (χ1v) is 5.69. The fourth-order valence-corrected chi connectivity index (χ4v) is 2.13. The molecule has 0 saturated carbocycles. The van der Waals surface area contributed by atoms with Gasteiger partial charge in [0.1, 0.15) is 0 Å². The summed E-state index contributed by atoms with van der Waals surface area (Å²) in [6.07, 6.45) is 6.30. The van der Waals surface area contributed by atoms with E-state index in [1.54, 1.807) is 0 Å². The first-order chi connectivity index (χ1) is 7.61.